The molecule has 2 fully saturated rings. The molecule has 1 aliphatic carbocycles. The first kappa shape index (κ1) is 15.3. The molecule has 0 aromatic carbocycles. The van der Waals surface area contributed by atoms with Crippen molar-refractivity contribution in [1.82, 2.24) is 5.32 Å². The van der Waals surface area contributed by atoms with Crippen molar-refractivity contribution in [2.24, 2.45) is 5.92 Å². The fourth-order valence-corrected chi connectivity index (χ4v) is 3.34. The summed E-state index contributed by atoms with van der Waals surface area (Å²) < 4.78 is 11.9. The van der Waals surface area contributed by atoms with E-state index in [1.165, 1.54) is 44.9 Å². The predicted molar refractivity (Wildman–Crippen MR) is 78.4 cm³/mol. The zero-order chi connectivity index (χ0) is 13.5. The second-order valence-corrected chi connectivity index (χ2v) is 6.15. The van der Waals surface area contributed by atoms with Crippen LogP contribution in [0.4, 0.5) is 0 Å². The highest BCUT2D eigenvalue weighted by molar-refractivity contribution is 4.86. The van der Waals surface area contributed by atoms with Crippen LogP contribution in [-0.4, -0.2) is 38.0 Å². The summed E-state index contributed by atoms with van der Waals surface area (Å²) in [6.45, 7) is 7.37. The Hall–Kier alpha value is -0.120. The molecule has 3 nitrogen and oxygen atoms in total. The molecule has 1 heterocycles. The second-order valence-electron chi connectivity index (χ2n) is 6.15. The van der Waals surface area contributed by atoms with E-state index in [-0.39, 0.29) is 0 Å². The van der Waals surface area contributed by atoms with Crippen molar-refractivity contribution in [2.45, 2.75) is 77.0 Å². The molecule has 2 aliphatic rings. The Morgan fingerprint density at radius 3 is 2.79 bits per heavy atom. The van der Waals surface area contributed by atoms with Crippen molar-refractivity contribution < 1.29 is 9.47 Å². The van der Waals surface area contributed by atoms with Crippen LogP contribution in [0.1, 0.15) is 58.8 Å². The quantitative estimate of drug-likeness (QED) is 0.770. The summed E-state index contributed by atoms with van der Waals surface area (Å²) in [5.41, 5.74) is 0. The smallest absolute Gasteiger partial charge is 0.0809 e. The molecule has 1 N–H and O–H groups in total. The first-order valence-corrected chi connectivity index (χ1v) is 8.30. The Morgan fingerprint density at radius 2 is 2.11 bits per heavy atom. The zero-order valence-electron chi connectivity index (χ0n) is 12.7. The average Bonchev–Trinajstić information content (AvgIpc) is 2.96. The molecule has 0 bridgehead atoms. The Bertz CT molecular complexity index is 241. The summed E-state index contributed by atoms with van der Waals surface area (Å²) in [5, 5.41) is 3.68. The highest BCUT2D eigenvalue weighted by Crippen LogP contribution is 2.29. The molecule has 0 spiro atoms. The first-order chi connectivity index (χ1) is 9.33. The molecule has 0 radical (unpaired) electrons. The normalized spacial score (nSPS) is 35.7. The zero-order valence-corrected chi connectivity index (χ0v) is 12.7. The predicted octanol–water partition coefficient (Wildman–Crippen LogP) is 3.13. The van der Waals surface area contributed by atoms with E-state index in [9.17, 15) is 0 Å². The Balaban J connectivity index is 1.79. The summed E-state index contributed by atoms with van der Waals surface area (Å²) in [7, 11) is 0. The minimum atomic E-state index is 0.355. The number of hydrogen-bond acceptors (Lipinski definition) is 3. The molecule has 1 saturated carbocycles. The lowest BCUT2D eigenvalue weighted by molar-refractivity contribution is -0.0541. The van der Waals surface area contributed by atoms with E-state index in [4.69, 9.17) is 9.47 Å². The molecule has 112 valence electrons. The van der Waals surface area contributed by atoms with E-state index >= 15 is 0 Å². The van der Waals surface area contributed by atoms with Crippen molar-refractivity contribution in [3.63, 3.8) is 0 Å². The summed E-state index contributed by atoms with van der Waals surface area (Å²) >= 11 is 0. The second kappa shape index (κ2) is 8.23. The van der Waals surface area contributed by atoms with E-state index in [1.807, 2.05) is 0 Å². The van der Waals surface area contributed by atoms with Crippen molar-refractivity contribution in [2.75, 3.05) is 19.8 Å². The summed E-state index contributed by atoms with van der Waals surface area (Å²) in [5.74, 6) is 0.856. The van der Waals surface area contributed by atoms with Crippen LogP contribution in [0, 0.1) is 5.92 Å². The molecule has 1 aliphatic heterocycles. The minimum Gasteiger partial charge on any atom is -0.376 e. The Labute approximate surface area is 118 Å². The van der Waals surface area contributed by atoms with Crippen LogP contribution < -0.4 is 5.32 Å². The van der Waals surface area contributed by atoms with Crippen LogP contribution in [-0.2, 0) is 9.47 Å². The maximum absolute atomic E-state index is 6.22. The van der Waals surface area contributed by atoms with Gasteiger partial charge in [-0.3, -0.25) is 0 Å². The number of rotatable bonds is 7. The van der Waals surface area contributed by atoms with Crippen molar-refractivity contribution in [1.29, 1.82) is 0 Å². The van der Waals surface area contributed by atoms with Crippen molar-refractivity contribution >= 4 is 0 Å². The molecule has 4 unspecified atom stereocenters. The molecular formula is C16H31NO2. The van der Waals surface area contributed by atoms with Gasteiger partial charge in [0, 0.05) is 12.6 Å². The molecule has 0 aromatic rings. The van der Waals surface area contributed by atoms with Gasteiger partial charge in [-0.25, -0.2) is 0 Å². The highest BCUT2D eigenvalue weighted by Gasteiger charge is 2.31. The SMILES string of the molecule is CCCNC1CCC(CC)CC1OCC1CCCO1. The largest absolute Gasteiger partial charge is 0.376 e. The summed E-state index contributed by atoms with van der Waals surface area (Å²) in [6.07, 6.45) is 9.48. The van der Waals surface area contributed by atoms with Crippen LogP contribution >= 0.6 is 0 Å². The van der Waals surface area contributed by atoms with Gasteiger partial charge in [0.1, 0.15) is 0 Å². The van der Waals surface area contributed by atoms with E-state index in [0.717, 1.165) is 25.7 Å². The topological polar surface area (TPSA) is 30.5 Å². The standard InChI is InChI=1S/C16H31NO2/c1-3-9-17-15-8-7-13(4-2)11-16(15)19-12-14-6-5-10-18-14/h13-17H,3-12H2,1-2H3. The monoisotopic (exact) mass is 269 g/mol. The molecule has 1 saturated heterocycles. The van der Waals surface area contributed by atoms with E-state index in [2.05, 4.69) is 19.2 Å². The van der Waals surface area contributed by atoms with Gasteiger partial charge in [0.05, 0.1) is 18.8 Å². The average molecular weight is 269 g/mol. The molecule has 0 aromatic heterocycles. The van der Waals surface area contributed by atoms with E-state index in [1.54, 1.807) is 0 Å². The summed E-state index contributed by atoms with van der Waals surface area (Å²) in [6, 6.07) is 0.559. The molecule has 19 heavy (non-hydrogen) atoms. The third kappa shape index (κ3) is 4.73. The van der Waals surface area contributed by atoms with Crippen molar-refractivity contribution in [3.8, 4) is 0 Å². The van der Waals surface area contributed by atoms with E-state index in [0.29, 0.717) is 18.2 Å². The molecule has 3 heteroatoms. The van der Waals surface area contributed by atoms with Crippen LogP contribution in [0.2, 0.25) is 0 Å². The highest BCUT2D eigenvalue weighted by atomic mass is 16.5. The van der Waals surface area contributed by atoms with Gasteiger partial charge in [-0.2, -0.15) is 0 Å². The van der Waals surface area contributed by atoms with Gasteiger partial charge in [0.25, 0.3) is 0 Å². The Morgan fingerprint density at radius 1 is 1.21 bits per heavy atom. The van der Waals surface area contributed by atoms with Gasteiger partial charge in [-0.05, 0) is 51.0 Å². The number of ether oxygens (including phenoxy) is 2. The number of nitrogens with one attached hydrogen (secondary N) is 1. The lowest BCUT2D eigenvalue weighted by atomic mass is 9.82. The minimum absolute atomic E-state index is 0.355. The van der Waals surface area contributed by atoms with Gasteiger partial charge in [-0.1, -0.05) is 20.3 Å². The van der Waals surface area contributed by atoms with Gasteiger partial charge >= 0.3 is 0 Å². The fourth-order valence-electron chi connectivity index (χ4n) is 3.34. The molecular weight excluding hydrogens is 238 g/mol. The maximum atomic E-state index is 6.22. The fraction of sp³-hybridized carbons (Fsp3) is 1.00. The lowest BCUT2D eigenvalue weighted by Crippen LogP contribution is -2.46. The van der Waals surface area contributed by atoms with Crippen molar-refractivity contribution in [3.05, 3.63) is 0 Å². The van der Waals surface area contributed by atoms with Crippen LogP contribution in [0.3, 0.4) is 0 Å². The van der Waals surface area contributed by atoms with E-state index < -0.39 is 0 Å². The Kier molecular flexibility index (Phi) is 6.62. The third-order valence-corrected chi connectivity index (χ3v) is 4.65. The molecule has 4 atom stereocenters. The van der Waals surface area contributed by atoms with Gasteiger partial charge in [0.15, 0.2) is 0 Å². The van der Waals surface area contributed by atoms with Crippen LogP contribution in [0.15, 0.2) is 0 Å². The lowest BCUT2D eigenvalue weighted by Gasteiger charge is -2.36. The van der Waals surface area contributed by atoms with Gasteiger partial charge < -0.3 is 14.8 Å². The van der Waals surface area contributed by atoms with Gasteiger partial charge in [0.2, 0.25) is 0 Å². The van der Waals surface area contributed by atoms with Crippen LogP contribution in [0.25, 0.3) is 0 Å². The summed E-state index contributed by atoms with van der Waals surface area (Å²) in [4.78, 5) is 0. The maximum Gasteiger partial charge on any atom is 0.0809 e. The third-order valence-electron chi connectivity index (χ3n) is 4.65. The number of hydrogen-bond donors (Lipinski definition) is 1. The van der Waals surface area contributed by atoms with Crippen LogP contribution in [0.5, 0.6) is 0 Å². The molecule has 0 amide bonds. The molecule has 2 rings (SSSR count). The van der Waals surface area contributed by atoms with Gasteiger partial charge in [-0.15, -0.1) is 0 Å². The first-order valence-electron chi connectivity index (χ1n) is 8.30.